The molecule has 7 heteroatoms. The number of nitrogens with zero attached hydrogens (tertiary/aromatic N) is 1. The van der Waals surface area contributed by atoms with Crippen LogP contribution in [0.15, 0.2) is 47.6 Å². The third-order valence-electron chi connectivity index (χ3n) is 3.22. The van der Waals surface area contributed by atoms with Crippen molar-refractivity contribution in [1.82, 2.24) is 9.97 Å². The van der Waals surface area contributed by atoms with Crippen molar-refractivity contribution in [2.45, 2.75) is 11.8 Å². The van der Waals surface area contributed by atoms with E-state index < -0.39 is 10.0 Å². The number of anilines is 2. The quantitative estimate of drug-likeness (QED) is 0.646. The number of H-pyrrole nitrogens is 1. The fourth-order valence-corrected chi connectivity index (χ4v) is 3.32. The van der Waals surface area contributed by atoms with Crippen LogP contribution < -0.4 is 10.5 Å². The third kappa shape index (κ3) is 2.43. The van der Waals surface area contributed by atoms with Crippen molar-refractivity contribution in [3.63, 3.8) is 0 Å². The van der Waals surface area contributed by atoms with E-state index >= 15 is 0 Å². The lowest BCUT2D eigenvalue weighted by Gasteiger charge is -2.09. The molecule has 0 spiro atoms. The number of aromatic nitrogens is 2. The number of hydrogen-bond acceptors (Lipinski definition) is 4. The minimum absolute atomic E-state index is 0.167. The standard InChI is InChI=1S/C14H14N4O2S/c1-9-7-10(4-5-12(9)15)18-21(19,20)13-8-17-14-11(13)3-2-6-16-14/h2-8,18H,15H2,1H3,(H,16,17). The van der Waals surface area contributed by atoms with Gasteiger partial charge < -0.3 is 10.7 Å². The van der Waals surface area contributed by atoms with E-state index in [4.69, 9.17) is 5.73 Å². The van der Waals surface area contributed by atoms with Gasteiger partial charge in [-0.3, -0.25) is 4.72 Å². The molecule has 0 unspecified atom stereocenters. The molecule has 2 heterocycles. The van der Waals surface area contributed by atoms with Gasteiger partial charge in [0.1, 0.15) is 10.5 Å². The van der Waals surface area contributed by atoms with Gasteiger partial charge >= 0.3 is 0 Å². The molecule has 0 atom stereocenters. The van der Waals surface area contributed by atoms with Crippen LogP contribution in [0.25, 0.3) is 11.0 Å². The average Bonchev–Trinajstić information content (AvgIpc) is 2.87. The van der Waals surface area contributed by atoms with E-state index in [-0.39, 0.29) is 4.90 Å². The monoisotopic (exact) mass is 302 g/mol. The summed E-state index contributed by atoms with van der Waals surface area (Å²) in [6.07, 6.45) is 3.04. The molecule has 108 valence electrons. The molecule has 3 aromatic rings. The van der Waals surface area contributed by atoms with Crippen LogP contribution in [0.4, 0.5) is 11.4 Å². The summed E-state index contributed by atoms with van der Waals surface area (Å²) in [6.45, 7) is 1.82. The Morgan fingerprint density at radius 2 is 2.10 bits per heavy atom. The Balaban J connectivity index is 2.02. The van der Waals surface area contributed by atoms with Gasteiger partial charge in [0.15, 0.2) is 0 Å². The Hall–Kier alpha value is -2.54. The zero-order valence-electron chi connectivity index (χ0n) is 11.3. The summed E-state index contributed by atoms with van der Waals surface area (Å²) < 4.78 is 27.5. The van der Waals surface area contributed by atoms with E-state index in [0.29, 0.717) is 22.4 Å². The Morgan fingerprint density at radius 1 is 1.29 bits per heavy atom. The molecule has 0 saturated heterocycles. The lowest BCUT2D eigenvalue weighted by atomic mass is 10.2. The molecule has 2 aromatic heterocycles. The molecule has 0 radical (unpaired) electrons. The minimum Gasteiger partial charge on any atom is -0.399 e. The molecular formula is C14H14N4O2S. The van der Waals surface area contributed by atoms with Gasteiger partial charge in [-0.05, 0) is 42.8 Å². The summed E-state index contributed by atoms with van der Waals surface area (Å²) >= 11 is 0. The van der Waals surface area contributed by atoms with Crippen molar-refractivity contribution in [3.05, 3.63) is 48.3 Å². The number of aryl methyl sites for hydroxylation is 1. The van der Waals surface area contributed by atoms with Crippen LogP contribution in [0.3, 0.4) is 0 Å². The van der Waals surface area contributed by atoms with Crippen molar-refractivity contribution in [3.8, 4) is 0 Å². The first kappa shape index (κ1) is 13.4. The van der Waals surface area contributed by atoms with Gasteiger partial charge in [-0.2, -0.15) is 0 Å². The van der Waals surface area contributed by atoms with Gasteiger partial charge in [0.05, 0.1) is 0 Å². The molecule has 1 aromatic carbocycles. The number of pyridine rings is 1. The number of benzene rings is 1. The lowest BCUT2D eigenvalue weighted by Crippen LogP contribution is -2.12. The van der Waals surface area contributed by atoms with E-state index in [9.17, 15) is 8.42 Å². The predicted octanol–water partition coefficient (Wildman–Crippen LogP) is 2.25. The summed E-state index contributed by atoms with van der Waals surface area (Å²) in [7, 11) is -3.69. The lowest BCUT2D eigenvalue weighted by molar-refractivity contribution is 0.602. The van der Waals surface area contributed by atoms with Crippen molar-refractivity contribution in [2.24, 2.45) is 0 Å². The Morgan fingerprint density at radius 3 is 2.86 bits per heavy atom. The molecule has 3 rings (SSSR count). The molecule has 0 aliphatic rings. The summed E-state index contributed by atoms with van der Waals surface area (Å²) in [5, 5.41) is 0.553. The van der Waals surface area contributed by atoms with E-state index in [1.807, 2.05) is 6.92 Å². The normalized spacial score (nSPS) is 11.7. The van der Waals surface area contributed by atoms with E-state index in [2.05, 4.69) is 14.7 Å². The fourth-order valence-electron chi connectivity index (χ4n) is 2.10. The van der Waals surface area contributed by atoms with Gasteiger partial charge in [-0.1, -0.05) is 0 Å². The van der Waals surface area contributed by atoms with E-state index in [1.54, 1.807) is 36.5 Å². The first-order chi connectivity index (χ1) is 9.97. The summed E-state index contributed by atoms with van der Waals surface area (Å²) in [5.41, 5.74) is 8.17. The maximum Gasteiger partial charge on any atom is 0.264 e. The summed E-state index contributed by atoms with van der Waals surface area (Å²) in [4.78, 5) is 7.10. The van der Waals surface area contributed by atoms with Crippen molar-refractivity contribution < 1.29 is 8.42 Å². The number of nitrogens with one attached hydrogen (secondary N) is 2. The van der Waals surface area contributed by atoms with Crippen molar-refractivity contribution in [1.29, 1.82) is 0 Å². The number of nitrogens with two attached hydrogens (primary N) is 1. The van der Waals surface area contributed by atoms with Crippen LogP contribution in [0, 0.1) is 6.92 Å². The van der Waals surface area contributed by atoms with Crippen LogP contribution in [0.5, 0.6) is 0 Å². The highest BCUT2D eigenvalue weighted by Gasteiger charge is 2.19. The molecule has 0 bridgehead atoms. The van der Waals surface area contributed by atoms with Gasteiger partial charge in [-0.25, -0.2) is 13.4 Å². The fraction of sp³-hybridized carbons (Fsp3) is 0.0714. The number of sulfonamides is 1. The van der Waals surface area contributed by atoms with Crippen molar-refractivity contribution in [2.75, 3.05) is 10.5 Å². The molecule has 0 aliphatic carbocycles. The molecule has 21 heavy (non-hydrogen) atoms. The zero-order valence-corrected chi connectivity index (χ0v) is 12.1. The largest absolute Gasteiger partial charge is 0.399 e. The number of aromatic amines is 1. The van der Waals surface area contributed by atoms with Gasteiger partial charge in [0.25, 0.3) is 10.0 Å². The van der Waals surface area contributed by atoms with E-state index in [1.165, 1.54) is 6.20 Å². The summed E-state index contributed by atoms with van der Waals surface area (Å²) in [6, 6.07) is 8.40. The Labute approximate surface area is 122 Å². The van der Waals surface area contributed by atoms with E-state index in [0.717, 1.165) is 5.56 Å². The second-order valence-electron chi connectivity index (χ2n) is 4.73. The number of rotatable bonds is 3. The van der Waals surface area contributed by atoms with Crippen LogP contribution in [-0.2, 0) is 10.0 Å². The second-order valence-corrected chi connectivity index (χ2v) is 6.38. The predicted molar refractivity (Wildman–Crippen MR) is 82.5 cm³/mol. The molecule has 0 saturated carbocycles. The first-order valence-corrected chi connectivity index (χ1v) is 7.77. The van der Waals surface area contributed by atoms with Crippen LogP contribution in [0.2, 0.25) is 0 Å². The van der Waals surface area contributed by atoms with Gasteiger partial charge in [0, 0.05) is 29.2 Å². The number of hydrogen-bond donors (Lipinski definition) is 3. The molecule has 4 N–H and O–H groups in total. The molecular weight excluding hydrogens is 288 g/mol. The Kier molecular flexibility index (Phi) is 3.06. The third-order valence-corrected chi connectivity index (χ3v) is 4.65. The number of nitrogen functional groups attached to an aromatic ring is 1. The zero-order chi connectivity index (χ0) is 15.0. The second kappa shape index (κ2) is 4.78. The highest BCUT2D eigenvalue weighted by molar-refractivity contribution is 7.93. The van der Waals surface area contributed by atoms with Crippen molar-refractivity contribution >= 4 is 32.4 Å². The minimum atomic E-state index is -3.69. The smallest absolute Gasteiger partial charge is 0.264 e. The highest BCUT2D eigenvalue weighted by atomic mass is 32.2. The molecule has 6 nitrogen and oxygen atoms in total. The first-order valence-electron chi connectivity index (χ1n) is 6.28. The van der Waals surface area contributed by atoms with Gasteiger partial charge in [0.2, 0.25) is 0 Å². The van der Waals surface area contributed by atoms with Gasteiger partial charge in [-0.15, -0.1) is 0 Å². The van der Waals surface area contributed by atoms with Crippen LogP contribution in [0.1, 0.15) is 5.56 Å². The highest BCUT2D eigenvalue weighted by Crippen LogP contribution is 2.24. The summed E-state index contributed by atoms with van der Waals surface area (Å²) in [5.74, 6) is 0. The molecule has 0 amide bonds. The number of fused-ring (bicyclic) bond motifs is 1. The van der Waals surface area contributed by atoms with Crippen LogP contribution in [-0.4, -0.2) is 18.4 Å². The SMILES string of the molecule is Cc1cc(NS(=O)(=O)c2c[nH]c3ncccc23)ccc1N. The topological polar surface area (TPSA) is 101 Å². The maximum atomic E-state index is 12.5. The molecule has 0 fully saturated rings. The van der Waals surface area contributed by atoms with Crippen LogP contribution >= 0.6 is 0 Å². The Bertz CT molecular complexity index is 916. The average molecular weight is 302 g/mol. The maximum absolute atomic E-state index is 12.5. The molecule has 0 aliphatic heterocycles.